The van der Waals surface area contributed by atoms with Gasteiger partial charge in [-0.05, 0) is 41.7 Å². The molecule has 1 aliphatic rings. The Kier molecular flexibility index (Phi) is 2.46. The molecule has 1 aromatic rings. The van der Waals surface area contributed by atoms with E-state index in [0.717, 1.165) is 23.1 Å². The van der Waals surface area contributed by atoms with Crippen LogP contribution in [0.4, 0.5) is 0 Å². The first-order valence-corrected chi connectivity index (χ1v) is 4.90. The Bertz CT molecular complexity index is 432. The predicted octanol–water partition coefficient (Wildman–Crippen LogP) is 2.20. The van der Waals surface area contributed by atoms with Gasteiger partial charge in [-0.1, -0.05) is 12.1 Å². The van der Waals surface area contributed by atoms with Gasteiger partial charge in [0.1, 0.15) is 5.75 Å². The maximum absolute atomic E-state index is 10.5. The molecule has 0 bridgehead atoms. The predicted molar refractivity (Wildman–Crippen MR) is 56.7 cm³/mol. The van der Waals surface area contributed by atoms with Crippen molar-refractivity contribution in [3.05, 3.63) is 35.4 Å². The molecule has 0 saturated carbocycles. The van der Waals surface area contributed by atoms with Crippen LogP contribution >= 0.6 is 0 Å². The van der Waals surface area contributed by atoms with Gasteiger partial charge in [-0.25, -0.2) is 0 Å². The van der Waals surface area contributed by atoms with Crippen molar-refractivity contribution in [3.8, 4) is 5.75 Å². The highest BCUT2D eigenvalue weighted by atomic mass is 16.4. The number of carboxylic acids is 1. The number of allylic oxidation sites excluding steroid dienone is 2. The fourth-order valence-electron chi connectivity index (χ4n) is 1.86. The molecule has 3 nitrogen and oxygen atoms in total. The van der Waals surface area contributed by atoms with Crippen molar-refractivity contribution in [1.82, 2.24) is 0 Å². The second kappa shape index (κ2) is 3.77. The number of carbonyl (C=O) groups is 1. The first kappa shape index (κ1) is 9.77. The van der Waals surface area contributed by atoms with Crippen LogP contribution in [-0.2, 0) is 11.2 Å². The quantitative estimate of drug-likeness (QED) is 0.793. The lowest BCUT2D eigenvalue weighted by molar-refractivity contribution is -0.136. The molecule has 0 saturated heterocycles. The van der Waals surface area contributed by atoms with Gasteiger partial charge in [-0.15, -0.1) is 0 Å². The number of phenols is 1. The summed E-state index contributed by atoms with van der Waals surface area (Å²) < 4.78 is 0. The van der Waals surface area contributed by atoms with E-state index in [4.69, 9.17) is 5.11 Å². The van der Waals surface area contributed by atoms with Gasteiger partial charge in [0.15, 0.2) is 0 Å². The molecule has 0 amide bonds. The van der Waals surface area contributed by atoms with Crippen LogP contribution in [0.5, 0.6) is 5.75 Å². The van der Waals surface area contributed by atoms with Crippen molar-refractivity contribution in [1.29, 1.82) is 0 Å². The minimum atomic E-state index is -0.787. The summed E-state index contributed by atoms with van der Waals surface area (Å²) in [6.07, 6.45) is 3.55. The molecule has 0 spiro atoms. The van der Waals surface area contributed by atoms with Gasteiger partial charge < -0.3 is 10.2 Å². The van der Waals surface area contributed by atoms with Gasteiger partial charge >= 0.3 is 5.97 Å². The number of hydrogen-bond acceptors (Lipinski definition) is 2. The average molecular weight is 204 g/mol. The van der Waals surface area contributed by atoms with Crippen LogP contribution in [0.15, 0.2) is 24.3 Å². The van der Waals surface area contributed by atoms with Crippen LogP contribution in [0, 0.1) is 0 Å². The lowest BCUT2D eigenvalue weighted by atomic mass is 10.0. The monoisotopic (exact) mass is 204 g/mol. The Hall–Kier alpha value is -1.77. The zero-order valence-electron chi connectivity index (χ0n) is 8.23. The molecule has 2 rings (SSSR count). The number of aliphatic carboxylic acids is 1. The van der Waals surface area contributed by atoms with Gasteiger partial charge in [0.2, 0.25) is 0 Å². The van der Waals surface area contributed by atoms with Crippen molar-refractivity contribution in [2.75, 3.05) is 0 Å². The van der Waals surface area contributed by atoms with E-state index in [1.54, 1.807) is 12.1 Å². The molecule has 2 N–H and O–H groups in total. The van der Waals surface area contributed by atoms with E-state index in [1.807, 2.05) is 12.1 Å². The van der Waals surface area contributed by atoms with Crippen molar-refractivity contribution in [3.63, 3.8) is 0 Å². The van der Waals surface area contributed by atoms with E-state index in [9.17, 15) is 9.90 Å². The van der Waals surface area contributed by atoms with E-state index in [0.29, 0.717) is 6.42 Å². The third kappa shape index (κ3) is 2.01. The average Bonchev–Trinajstić information content (AvgIpc) is 2.57. The summed E-state index contributed by atoms with van der Waals surface area (Å²) in [4.78, 5) is 10.5. The van der Waals surface area contributed by atoms with E-state index < -0.39 is 5.97 Å². The van der Waals surface area contributed by atoms with Gasteiger partial charge in [0, 0.05) is 6.42 Å². The van der Waals surface area contributed by atoms with Crippen molar-refractivity contribution >= 4 is 11.5 Å². The summed E-state index contributed by atoms with van der Waals surface area (Å²) >= 11 is 0. The minimum Gasteiger partial charge on any atom is -0.508 e. The Morgan fingerprint density at radius 1 is 1.40 bits per heavy atom. The van der Waals surface area contributed by atoms with Crippen LogP contribution in [0.3, 0.4) is 0 Å². The molecule has 0 aromatic heterocycles. The number of hydrogen-bond donors (Lipinski definition) is 2. The number of rotatable bonds is 3. The normalized spacial score (nSPS) is 13.5. The summed E-state index contributed by atoms with van der Waals surface area (Å²) in [7, 11) is 0. The van der Waals surface area contributed by atoms with Crippen molar-refractivity contribution < 1.29 is 15.0 Å². The fraction of sp³-hybridized carbons (Fsp3) is 0.250. The highest BCUT2D eigenvalue weighted by Crippen LogP contribution is 2.32. The van der Waals surface area contributed by atoms with E-state index in [-0.39, 0.29) is 12.2 Å². The highest BCUT2D eigenvalue weighted by Gasteiger charge is 2.15. The Labute approximate surface area is 87.7 Å². The molecule has 0 heterocycles. The summed E-state index contributed by atoms with van der Waals surface area (Å²) in [5.41, 5.74) is 3.19. The summed E-state index contributed by atoms with van der Waals surface area (Å²) in [6.45, 7) is 0. The van der Waals surface area contributed by atoms with Crippen LogP contribution in [0.25, 0.3) is 5.57 Å². The highest BCUT2D eigenvalue weighted by molar-refractivity contribution is 5.77. The Balaban J connectivity index is 2.19. The lowest BCUT2D eigenvalue weighted by Gasteiger charge is -2.04. The molecule has 0 atom stereocenters. The first-order chi connectivity index (χ1) is 7.16. The first-order valence-electron chi connectivity index (χ1n) is 4.90. The third-order valence-corrected chi connectivity index (χ3v) is 2.62. The molecule has 1 aliphatic carbocycles. The van der Waals surface area contributed by atoms with Gasteiger partial charge in [-0.2, -0.15) is 0 Å². The van der Waals surface area contributed by atoms with Crippen LogP contribution in [0.1, 0.15) is 24.0 Å². The van der Waals surface area contributed by atoms with Crippen molar-refractivity contribution in [2.45, 2.75) is 19.3 Å². The fourth-order valence-corrected chi connectivity index (χ4v) is 1.86. The van der Waals surface area contributed by atoms with Gasteiger partial charge in [-0.3, -0.25) is 4.79 Å². The minimum absolute atomic E-state index is 0.140. The van der Waals surface area contributed by atoms with Gasteiger partial charge in [0.05, 0.1) is 0 Å². The second-order valence-electron chi connectivity index (χ2n) is 3.67. The number of benzene rings is 1. The van der Waals surface area contributed by atoms with E-state index >= 15 is 0 Å². The zero-order valence-corrected chi connectivity index (χ0v) is 8.23. The molecule has 0 unspecified atom stereocenters. The molecule has 78 valence electrons. The summed E-state index contributed by atoms with van der Waals surface area (Å²) in [6, 6.07) is 5.25. The zero-order chi connectivity index (χ0) is 10.8. The number of carboxylic acid groups (broad SMARTS) is 1. The Morgan fingerprint density at radius 2 is 2.20 bits per heavy atom. The smallest absolute Gasteiger partial charge is 0.303 e. The number of phenolic OH excluding ortho intramolecular Hbond substituents is 1. The Morgan fingerprint density at radius 3 is 2.93 bits per heavy atom. The molecule has 15 heavy (non-hydrogen) atoms. The van der Waals surface area contributed by atoms with Crippen molar-refractivity contribution in [2.24, 2.45) is 0 Å². The van der Waals surface area contributed by atoms with E-state index in [1.165, 1.54) is 0 Å². The van der Waals surface area contributed by atoms with E-state index in [2.05, 4.69) is 0 Å². The van der Waals surface area contributed by atoms with Gasteiger partial charge in [0.25, 0.3) is 0 Å². The summed E-state index contributed by atoms with van der Waals surface area (Å²) in [5.74, 6) is -0.554. The number of fused-ring (bicyclic) bond motifs is 1. The topological polar surface area (TPSA) is 57.5 Å². The molecule has 3 heteroatoms. The molecule has 1 aromatic carbocycles. The summed E-state index contributed by atoms with van der Waals surface area (Å²) in [5, 5.41) is 17.9. The molecule has 0 fully saturated rings. The maximum atomic E-state index is 10.5. The standard InChI is InChI=1S/C12H12O3/c13-10-5-3-8-1-2-9(11(8)7-10)4-6-12(14)15/h2-3,5,7,13H,1,4,6H2,(H,14,15). The largest absolute Gasteiger partial charge is 0.508 e. The third-order valence-electron chi connectivity index (χ3n) is 2.62. The molecule has 0 aliphatic heterocycles. The SMILES string of the molecule is O=C(O)CCC1=CCc2ccc(O)cc21. The molecular weight excluding hydrogens is 192 g/mol. The molecular formula is C12H12O3. The molecule has 0 radical (unpaired) electrons. The van der Waals surface area contributed by atoms with Crippen LogP contribution in [0.2, 0.25) is 0 Å². The lowest BCUT2D eigenvalue weighted by Crippen LogP contribution is -1.94. The second-order valence-corrected chi connectivity index (χ2v) is 3.67. The van der Waals surface area contributed by atoms with Crippen LogP contribution < -0.4 is 0 Å². The number of aromatic hydroxyl groups is 1. The maximum Gasteiger partial charge on any atom is 0.303 e. The van der Waals surface area contributed by atoms with Crippen LogP contribution in [-0.4, -0.2) is 16.2 Å².